The first kappa shape index (κ1) is 26.5. The van der Waals surface area contributed by atoms with Gasteiger partial charge in [0.25, 0.3) is 0 Å². The van der Waals surface area contributed by atoms with Crippen molar-refractivity contribution < 1.29 is 34.0 Å². The van der Waals surface area contributed by atoms with Crippen molar-refractivity contribution >= 4 is 11.9 Å². The minimum atomic E-state index is -0.560. The normalized spacial score (nSPS) is 11.6. The highest BCUT2D eigenvalue weighted by Gasteiger charge is 2.03. The van der Waals surface area contributed by atoms with Crippen LogP contribution in [0.1, 0.15) is 41.0 Å². The molecule has 7 heteroatoms. The van der Waals surface area contributed by atoms with Crippen molar-refractivity contribution in [2.75, 3.05) is 26.4 Å². The zero-order valence-corrected chi connectivity index (χ0v) is 14.9. The minimum absolute atomic E-state index is 0.123. The molecule has 0 aliphatic carbocycles. The molecular formula is C16H32O7. The Morgan fingerprint density at radius 1 is 1.26 bits per heavy atom. The lowest BCUT2D eigenvalue weighted by Crippen LogP contribution is -2.18. The average Bonchev–Trinajstić information content (AvgIpc) is 2.48. The lowest BCUT2D eigenvalue weighted by molar-refractivity contribution is -0.148. The second-order valence-corrected chi connectivity index (χ2v) is 4.44. The number of hydrogen-bond acceptors (Lipinski definition) is 7. The van der Waals surface area contributed by atoms with Gasteiger partial charge >= 0.3 is 11.9 Å². The van der Waals surface area contributed by atoms with E-state index < -0.39 is 6.10 Å². The maximum absolute atomic E-state index is 10.4. The average molecular weight is 336 g/mol. The van der Waals surface area contributed by atoms with Gasteiger partial charge in [-0.1, -0.05) is 13.0 Å². The van der Waals surface area contributed by atoms with Gasteiger partial charge in [0.2, 0.25) is 0 Å². The van der Waals surface area contributed by atoms with Gasteiger partial charge in [-0.15, -0.1) is 6.58 Å². The molecule has 7 nitrogen and oxygen atoms in total. The van der Waals surface area contributed by atoms with Gasteiger partial charge in [-0.25, -0.2) is 0 Å². The van der Waals surface area contributed by atoms with Crippen molar-refractivity contribution in [2.24, 2.45) is 0 Å². The molecule has 0 aromatic heterocycles. The Balaban J connectivity index is -0.000000286. The summed E-state index contributed by atoms with van der Waals surface area (Å²) in [6, 6.07) is 0. The molecule has 2 unspecified atom stereocenters. The van der Waals surface area contributed by atoms with Gasteiger partial charge in [0.1, 0.15) is 6.10 Å². The number of ether oxygens (including phenoxy) is 3. The molecular weight excluding hydrogens is 304 g/mol. The zero-order chi connectivity index (χ0) is 18.7. The van der Waals surface area contributed by atoms with Crippen LogP contribution in [0.25, 0.3) is 0 Å². The van der Waals surface area contributed by atoms with E-state index in [1.807, 2.05) is 0 Å². The number of carbonyl (C=O) groups is 2. The van der Waals surface area contributed by atoms with E-state index in [9.17, 15) is 9.59 Å². The molecule has 0 saturated carbocycles. The monoisotopic (exact) mass is 336 g/mol. The standard InChI is InChI=1S/C8H14O3.C5H10O2.C3H8O2/c1-4-5-10-6-7(2)11-8(3)9;1-3-5(6)7-4-2;1-3(5)2-4/h4,7H,1,5-6H2,2-3H3;3-4H2,1-2H3;3-5H,2H2,1H3. The maximum Gasteiger partial charge on any atom is 0.305 e. The second-order valence-electron chi connectivity index (χ2n) is 4.44. The number of carbonyl (C=O) groups excluding carboxylic acids is 2. The van der Waals surface area contributed by atoms with Crippen molar-refractivity contribution in [3.8, 4) is 0 Å². The lowest BCUT2D eigenvalue weighted by atomic mass is 10.4. The summed E-state index contributed by atoms with van der Waals surface area (Å²) < 4.78 is 14.4. The molecule has 138 valence electrons. The molecule has 0 spiro atoms. The summed E-state index contributed by atoms with van der Waals surface area (Å²) in [5.41, 5.74) is 0. The molecule has 0 aromatic rings. The van der Waals surface area contributed by atoms with Gasteiger partial charge in [-0.2, -0.15) is 0 Å². The molecule has 0 aliphatic rings. The molecule has 23 heavy (non-hydrogen) atoms. The molecule has 2 N–H and O–H groups in total. The van der Waals surface area contributed by atoms with Crippen LogP contribution in [0.4, 0.5) is 0 Å². The first-order valence-electron chi connectivity index (χ1n) is 7.55. The van der Waals surface area contributed by atoms with Crippen molar-refractivity contribution in [2.45, 2.75) is 53.2 Å². The first-order chi connectivity index (χ1) is 10.7. The van der Waals surface area contributed by atoms with Gasteiger partial charge in [-0.3, -0.25) is 9.59 Å². The molecule has 0 fully saturated rings. The summed E-state index contributed by atoms with van der Waals surface area (Å²) in [6.07, 6.45) is 1.40. The molecule has 0 heterocycles. The van der Waals surface area contributed by atoms with Crippen LogP contribution in [0.15, 0.2) is 12.7 Å². The Labute approximate surface area is 139 Å². The predicted octanol–water partition coefficient (Wildman–Crippen LogP) is 1.46. The van der Waals surface area contributed by atoms with Crippen LogP contribution in [-0.2, 0) is 23.8 Å². The fraction of sp³-hybridized carbons (Fsp3) is 0.750. The molecule has 0 amide bonds. The van der Waals surface area contributed by atoms with E-state index in [1.54, 1.807) is 26.8 Å². The number of aliphatic hydroxyl groups excluding tert-OH is 2. The molecule has 0 rings (SSSR count). The quantitative estimate of drug-likeness (QED) is 0.393. The summed E-state index contributed by atoms with van der Waals surface area (Å²) in [6.45, 7) is 13.0. The van der Waals surface area contributed by atoms with Crippen molar-refractivity contribution in [3.05, 3.63) is 12.7 Å². The Hall–Kier alpha value is -1.44. The van der Waals surface area contributed by atoms with E-state index in [0.29, 0.717) is 26.2 Å². The van der Waals surface area contributed by atoms with E-state index >= 15 is 0 Å². The van der Waals surface area contributed by atoms with Gasteiger partial charge < -0.3 is 24.4 Å². The largest absolute Gasteiger partial charge is 0.466 e. The van der Waals surface area contributed by atoms with E-state index in [2.05, 4.69) is 11.3 Å². The zero-order valence-electron chi connectivity index (χ0n) is 14.9. The van der Waals surface area contributed by atoms with Gasteiger partial charge in [0.15, 0.2) is 0 Å². The lowest BCUT2D eigenvalue weighted by Gasteiger charge is -2.10. The highest BCUT2D eigenvalue weighted by atomic mass is 16.6. The summed E-state index contributed by atoms with van der Waals surface area (Å²) in [5, 5.41) is 16.0. The summed E-state index contributed by atoms with van der Waals surface area (Å²) in [4.78, 5) is 20.6. The van der Waals surface area contributed by atoms with Crippen LogP contribution in [0.3, 0.4) is 0 Å². The number of rotatable bonds is 8. The smallest absolute Gasteiger partial charge is 0.305 e. The third-order valence-corrected chi connectivity index (χ3v) is 1.81. The minimum Gasteiger partial charge on any atom is -0.466 e. The van der Waals surface area contributed by atoms with Crippen LogP contribution >= 0.6 is 0 Å². The Kier molecular flexibility index (Phi) is 23.7. The molecule has 0 radical (unpaired) electrons. The second kappa shape index (κ2) is 20.6. The van der Waals surface area contributed by atoms with Crippen molar-refractivity contribution in [3.63, 3.8) is 0 Å². The topological polar surface area (TPSA) is 102 Å². The molecule has 0 saturated heterocycles. The fourth-order valence-corrected chi connectivity index (χ4v) is 0.898. The van der Waals surface area contributed by atoms with Crippen LogP contribution in [0.2, 0.25) is 0 Å². The number of aliphatic hydroxyl groups is 2. The van der Waals surface area contributed by atoms with E-state index in [1.165, 1.54) is 13.8 Å². The molecule has 0 aromatic carbocycles. The van der Waals surface area contributed by atoms with E-state index in [4.69, 9.17) is 19.7 Å². The maximum atomic E-state index is 10.4. The Morgan fingerprint density at radius 3 is 2.04 bits per heavy atom. The van der Waals surface area contributed by atoms with E-state index in [0.717, 1.165) is 0 Å². The van der Waals surface area contributed by atoms with Crippen molar-refractivity contribution in [1.82, 2.24) is 0 Å². The van der Waals surface area contributed by atoms with Gasteiger partial charge in [0, 0.05) is 13.3 Å². The van der Waals surface area contributed by atoms with Crippen LogP contribution < -0.4 is 0 Å². The van der Waals surface area contributed by atoms with Gasteiger partial charge in [0.05, 0.1) is 32.5 Å². The first-order valence-corrected chi connectivity index (χ1v) is 7.55. The predicted molar refractivity (Wildman–Crippen MR) is 87.9 cm³/mol. The van der Waals surface area contributed by atoms with E-state index in [-0.39, 0.29) is 24.6 Å². The Morgan fingerprint density at radius 2 is 1.78 bits per heavy atom. The summed E-state index contributed by atoms with van der Waals surface area (Å²) in [7, 11) is 0. The molecule has 0 bridgehead atoms. The van der Waals surface area contributed by atoms with Crippen molar-refractivity contribution in [1.29, 1.82) is 0 Å². The molecule has 0 aliphatic heterocycles. The fourth-order valence-electron chi connectivity index (χ4n) is 0.898. The Bertz CT molecular complexity index is 290. The van der Waals surface area contributed by atoms with Crippen LogP contribution in [0, 0.1) is 0 Å². The summed E-state index contributed by atoms with van der Waals surface area (Å²) in [5.74, 6) is -0.401. The number of esters is 2. The highest BCUT2D eigenvalue weighted by Crippen LogP contribution is 1.92. The van der Waals surface area contributed by atoms with Crippen LogP contribution in [-0.4, -0.2) is 60.8 Å². The third-order valence-electron chi connectivity index (χ3n) is 1.81. The highest BCUT2D eigenvalue weighted by molar-refractivity contribution is 5.68. The van der Waals surface area contributed by atoms with Gasteiger partial charge in [-0.05, 0) is 20.8 Å². The number of hydrogen-bond donors (Lipinski definition) is 2. The van der Waals surface area contributed by atoms with Crippen LogP contribution in [0.5, 0.6) is 0 Å². The SMILES string of the molecule is C=CCOCC(C)OC(C)=O.CC(O)CO.CCOC(=O)CC. The summed E-state index contributed by atoms with van der Waals surface area (Å²) >= 11 is 0. The third kappa shape index (κ3) is 33.4. The molecule has 2 atom stereocenters.